The minimum absolute atomic E-state index is 0.136. The molecule has 1 aromatic heterocycles. The molecule has 2 rings (SSSR count). The number of furan rings is 1. The molecule has 19 heavy (non-hydrogen) atoms. The third-order valence-electron chi connectivity index (χ3n) is 2.17. The molecule has 0 unspecified atom stereocenters. The van der Waals surface area contributed by atoms with Gasteiger partial charge in [0.1, 0.15) is 5.75 Å². The molecule has 0 aliphatic heterocycles. The molecule has 1 aromatic carbocycles. The summed E-state index contributed by atoms with van der Waals surface area (Å²) in [5.41, 5.74) is 2.86. The highest BCUT2D eigenvalue weighted by atomic mass is 127. The van der Waals surface area contributed by atoms with E-state index in [0.29, 0.717) is 5.56 Å². The molecule has 5 nitrogen and oxygen atoms in total. The average molecular weight is 482 g/mol. The van der Waals surface area contributed by atoms with Crippen molar-refractivity contribution in [1.29, 1.82) is 0 Å². The number of nitrogens with zero attached hydrogens (tertiary/aromatic N) is 1. The van der Waals surface area contributed by atoms with Gasteiger partial charge >= 0.3 is 5.91 Å². The lowest BCUT2D eigenvalue weighted by Crippen LogP contribution is -2.16. The molecular weight excluding hydrogens is 474 g/mol. The van der Waals surface area contributed by atoms with Crippen LogP contribution in [0.25, 0.3) is 0 Å². The van der Waals surface area contributed by atoms with Crippen LogP contribution in [0.5, 0.6) is 5.75 Å². The van der Waals surface area contributed by atoms with Gasteiger partial charge in [0, 0.05) is 9.13 Å². The summed E-state index contributed by atoms with van der Waals surface area (Å²) in [5, 5.41) is 13.6. The average Bonchev–Trinajstić information content (AvgIpc) is 2.88. The van der Waals surface area contributed by atoms with Crippen LogP contribution in [0.2, 0.25) is 0 Å². The highest BCUT2D eigenvalue weighted by Gasteiger charge is 2.07. The molecule has 0 aliphatic carbocycles. The number of phenols is 1. The van der Waals surface area contributed by atoms with E-state index in [-0.39, 0.29) is 11.5 Å². The number of benzene rings is 1. The van der Waals surface area contributed by atoms with Gasteiger partial charge in [0.15, 0.2) is 5.76 Å². The minimum Gasteiger partial charge on any atom is -0.506 e. The number of carbonyl (C=O) groups is 1. The van der Waals surface area contributed by atoms with Crippen molar-refractivity contribution in [3.05, 3.63) is 49.0 Å². The smallest absolute Gasteiger partial charge is 0.307 e. The fourth-order valence-electron chi connectivity index (χ4n) is 1.31. The third kappa shape index (κ3) is 3.69. The van der Waals surface area contributed by atoms with Gasteiger partial charge in [0.25, 0.3) is 0 Å². The highest BCUT2D eigenvalue weighted by Crippen LogP contribution is 2.25. The summed E-state index contributed by atoms with van der Waals surface area (Å²) in [5.74, 6) is -0.128. The molecule has 2 aromatic rings. The topological polar surface area (TPSA) is 74.8 Å². The number of hydrogen-bond acceptors (Lipinski definition) is 4. The molecule has 1 heterocycles. The maximum atomic E-state index is 11.5. The van der Waals surface area contributed by atoms with Gasteiger partial charge in [-0.2, -0.15) is 5.10 Å². The van der Waals surface area contributed by atoms with Crippen LogP contribution >= 0.6 is 45.2 Å². The van der Waals surface area contributed by atoms with Crippen molar-refractivity contribution in [3.63, 3.8) is 0 Å². The Morgan fingerprint density at radius 1 is 1.42 bits per heavy atom. The van der Waals surface area contributed by atoms with Crippen LogP contribution in [-0.2, 0) is 0 Å². The summed E-state index contributed by atoms with van der Waals surface area (Å²) >= 11 is 4.17. The van der Waals surface area contributed by atoms with E-state index in [9.17, 15) is 9.90 Å². The van der Waals surface area contributed by atoms with Crippen molar-refractivity contribution < 1.29 is 14.3 Å². The second-order valence-electron chi connectivity index (χ2n) is 3.50. The third-order valence-corrected chi connectivity index (χ3v) is 3.62. The summed E-state index contributed by atoms with van der Waals surface area (Å²) < 4.78 is 6.62. The van der Waals surface area contributed by atoms with Crippen LogP contribution in [0.15, 0.2) is 40.0 Å². The zero-order valence-electron chi connectivity index (χ0n) is 9.43. The molecule has 0 saturated carbocycles. The number of carbonyl (C=O) groups excluding carboxylic acids is 1. The number of rotatable bonds is 3. The van der Waals surface area contributed by atoms with Crippen LogP contribution < -0.4 is 5.43 Å². The van der Waals surface area contributed by atoms with E-state index >= 15 is 0 Å². The lowest BCUT2D eigenvalue weighted by Gasteiger charge is -2.02. The van der Waals surface area contributed by atoms with Crippen molar-refractivity contribution in [2.45, 2.75) is 0 Å². The van der Waals surface area contributed by atoms with Crippen LogP contribution in [0.1, 0.15) is 16.1 Å². The standard InChI is InChI=1S/C12H8I2N2O3/c13-8-4-7(11(17)9(14)5-8)6-15-16-12(18)10-2-1-3-19-10/h1-6,17H,(H,16,18). The predicted molar refractivity (Wildman–Crippen MR) is 87.3 cm³/mol. The van der Waals surface area contributed by atoms with Gasteiger partial charge in [-0.05, 0) is 69.4 Å². The predicted octanol–water partition coefficient (Wildman–Crippen LogP) is 2.96. The van der Waals surface area contributed by atoms with Crippen LogP contribution in [-0.4, -0.2) is 17.2 Å². The van der Waals surface area contributed by atoms with Gasteiger partial charge in [-0.25, -0.2) is 5.43 Å². The molecule has 0 fully saturated rings. The quantitative estimate of drug-likeness (QED) is 0.402. The van der Waals surface area contributed by atoms with E-state index < -0.39 is 5.91 Å². The zero-order valence-corrected chi connectivity index (χ0v) is 13.7. The minimum atomic E-state index is -0.443. The van der Waals surface area contributed by atoms with Gasteiger partial charge < -0.3 is 9.52 Å². The molecular formula is C12H8I2N2O3. The maximum absolute atomic E-state index is 11.5. The number of hydrogen-bond donors (Lipinski definition) is 2. The largest absolute Gasteiger partial charge is 0.506 e. The first-order valence-corrected chi connectivity index (χ1v) is 7.28. The summed E-state index contributed by atoms with van der Waals surface area (Å²) in [6.45, 7) is 0. The summed E-state index contributed by atoms with van der Waals surface area (Å²) in [7, 11) is 0. The number of halogens is 2. The van der Waals surface area contributed by atoms with Crippen molar-refractivity contribution in [1.82, 2.24) is 5.43 Å². The van der Waals surface area contributed by atoms with E-state index in [1.165, 1.54) is 18.5 Å². The fraction of sp³-hybridized carbons (Fsp3) is 0. The van der Waals surface area contributed by atoms with Gasteiger partial charge in [-0.15, -0.1) is 0 Å². The normalized spacial score (nSPS) is 10.8. The van der Waals surface area contributed by atoms with E-state index in [0.717, 1.165) is 7.14 Å². The molecule has 0 spiro atoms. The highest BCUT2D eigenvalue weighted by molar-refractivity contribution is 14.1. The van der Waals surface area contributed by atoms with Crippen molar-refractivity contribution in [3.8, 4) is 5.75 Å². The number of aromatic hydroxyl groups is 1. The van der Waals surface area contributed by atoms with Crippen molar-refractivity contribution in [2.75, 3.05) is 0 Å². The number of phenolic OH excluding ortho intramolecular Hbond substituents is 1. The number of hydrazone groups is 1. The number of nitrogens with one attached hydrogen (secondary N) is 1. The molecule has 98 valence electrons. The van der Waals surface area contributed by atoms with E-state index in [1.807, 2.05) is 28.7 Å². The lowest BCUT2D eigenvalue weighted by molar-refractivity contribution is 0.0927. The summed E-state index contributed by atoms with van der Waals surface area (Å²) in [6.07, 6.45) is 2.80. The van der Waals surface area contributed by atoms with Crippen LogP contribution in [0.3, 0.4) is 0 Å². The Kier molecular flexibility index (Phi) is 4.80. The van der Waals surface area contributed by atoms with Gasteiger partial charge in [-0.3, -0.25) is 4.79 Å². The SMILES string of the molecule is O=C(NN=Cc1cc(I)cc(I)c1O)c1ccco1. The summed E-state index contributed by atoms with van der Waals surface area (Å²) in [6, 6.07) is 6.76. The monoisotopic (exact) mass is 482 g/mol. The van der Waals surface area contributed by atoms with Crippen LogP contribution in [0.4, 0.5) is 0 Å². The molecule has 2 N–H and O–H groups in total. The van der Waals surface area contributed by atoms with Crippen molar-refractivity contribution >= 4 is 57.3 Å². The van der Waals surface area contributed by atoms with Gasteiger partial charge in [0.2, 0.25) is 0 Å². The van der Waals surface area contributed by atoms with E-state index in [2.05, 4.69) is 33.1 Å². The Hall–Kier alpha value is -1.10. The Labute approximate surface area is 136 Å². The van der Waals surface area contributed by atoms with Gasteiger partial charge in [0.05, 0.1) is 16.0 Å². The molecule has 0 saturated heterocycles. The second kappa shape index (κ2) is 6.37. The zero-order chi connectivity index (χ0) is 13.8. The van der Waals surface area contributed by atoms with E-state index in [4.69, 9.17) is 4.42 Å². The Bertz CT molecular complexity index is 624. The van der Waals surface area contributed by atoms with Gasteiger partial charge in [-0.1, -0.05) is 0 Å². The molecule has 1 amide bonds. The Morgan fingerprint density at radius 3 is 2.89 bits per heavy atom. The van der Waals surface area contributed by atoms with E-state index in [1.54, 1.807) is 12.1 Å². The second-order valence-corrected chi connectivity index (χ2v) is 5.91. The van der Waals surface area contributed by atoms with Crippen molar-refractivity contribution in [2.24, 2.45) is 5.10 Å². The molecule has 0 radical (unpaired) electrons. The van der Waals surface area contributed by atoms with Crippen LogP contribution in [0, 0.1) is 7.14 Å². The first-order chi connectivity index (χ1) is 9.08. The fourth-order valence-corrected chi connectivity index (χ4v) is 3.20. The molecule has 0 atom stereocenters. The first-order valence-electron chi connectivity index (χ1n) is 5.13. The molecule has 0 aliphatic rings. The number of amides is 1. The molecule has 0 bridgehead atoms. The molecule has 7 heteroatoms. The summed E-state index contributed by atoms with van der Waals surface area (Å²) in [4.78, 5) is 11.5. The Balaban J connectivity index is 2.09. The lowest BCUT2D eigenvalue weighted by atomic mass is 10.2. The maximum Gasteiger partial charge on any atom is 0.307 e. The first kappa shape index (κ1) is 14.3. The Morgan fingerprint density at radius 2 is 2.21 bits per heavy atom.